The molecule has 0 spiro atoms. The van der Waals surface area contributed by atoms with Crippen molar-refractivity contribution in [2.45, 2.75) is 57.2 Å². The molecule has 0 bridgehead atoms. The van der Waals surface area contributed by atoms with E-state index in [1.807, 2.05) is 12.1 Å². The summed E-state index contributed by atoms with van der Waals surface area (Å²) >= 11 is 8.17. The SMILES string of the molecule is O=C(NC1CCCC1)c1ccc(OC2CCN(Cc3ccsc3)CC2)c(Cl)c1. The number of likely N-dealkylation sites (tertiary alicyclic amines) is 1. The number of halogens is 1. The molecular formula is C22H27ClN2O2S. The van der Waals surface area contributed by atoms with E-state index in [0.29, 0.717) is 22.4 Å². The third-order valence-corrected chi connectivity index (χ3v) is 6.73. The van der Waals surface area contributed by atoms with Gasteiger partial charge in [0.05, 0.1) is 5.02 Å². The second kappa shape index (κ2) is 9.29. The van der Waals surface area contributed by atoms with E-state index in [1.54, 1.807) is 17.4 Å². The van der Waals surface area contributed by atoms with Crippen LogP contribution in [0.2, 0.25) is 5.02 Å². The summed E-state index contributed by atoms with van der Waals surface area (Å²) in [5.41, 5.74) is 1.99. The predicted molar refractivity (Wildman–Crippen MR) is 114 cm³/mol. The molecule has 1 saturated heterocycles. The van der Waals surface area contributed by atoms with Crippen LogP contribution < -0.4 is 10.1 Å². The maximum absolute atomic E-state index is 12.4. The van der Waals surface area contributed by atoms with Gasteiger partial charge in [-0.3, -0.25) is 9.69 Å². The zero-order valence-corrected chi connectivity index (χ0v) is 17.6. The first-order chi connectivity index (χ1) is 13.7. The number of nitrogens with one attached hydrogen (secondary N) is 1. The fourth-order valence-electron chi connectivity index (χ4n) is 4.08. The summed E-state index contributed by atoms with van der Waals surface area (Å²) in [6.07, 6.45) is 6.70. The minimum atomic E-state index is -0.0397. The van der Waals surface area contributed by atoms with Crippen molar-refractivity contribution < 1.29 is 9.53 Å². The molecule has 1 aliphatic carbocycles. The minimum absolute atomic E-state index is 0.0397. The molecule has 0 atom stereocenters. The normalized spacial score (nSPS) is 19.0. The number of amides is 1. The highest BCUT2D eigenvalue weighted by atomic mass is 35.5. The number of carbonyl (C=O) groups is 1. The second-order valence-corrected chi connectivity index (χ2v) is 9.01. The molecule has 0 radical (unpaired) electrons. The Morgan fingerprint density at radius 1 is 1.18 bits per heavy atom. The molecule has 150 valence electrons. The fraction of sp³-hybridized carbons (Fsp3) is 0.500. The van der Waals surface area contributed by atoms with Gasteiger partial charge in [0.2, 0.25) is 0 Å². The summed E-state index contributed by atoms with van der Waals surface area (Å²) in [5, 5.41) is 7.96. The second-order valence-electron chi connectivity index (χ2n) is 7.82. The summed E-state index contributed by atoms with van der Waals surface area (Å²) in [4.78, 5) is 14.9. The lowest BCUT2D eigenvalue weighted by Gasteiger charge is -2.32. The molecule has 6 heteroatoms. The van der Waals surface area contributed by atoms with Crippen LogP contribution in [0.15, 0.2) is 35.0 Å². The number of rotatable bonds is 6. The van der Waals surface area contributed by atoms with Crippen LogP contribution >= 0.6 is 22.9 Å². The van der Waals surface area contributed by atoms with Crippen LogP contribution in [0, 0.1) is 0 Å². The number of carbonyl (C=O) groups excluding carboxylic acids is 1. The van der Waals surface area contributed by atoms with Crippen molar-refractivity contribution in [2.24, 2.45) is 0 Å². The van der Waals surface area contributed by atoms with E-state index >= 15 is 0 Å². The van der Waals surface area contributed by atoms with Crippen LogP contribution in [0.5, 0.6) is 5.75 Å². The molecule has 1 aliphatic heterocycles. The van der Waals surface area contributed by atoms with Crippen LogP contribution in [0.4, 0.5) is 0 Å². The summed E-state index contributed by atoms with van der Waals surface area (Å²) < 4.78 is 6.15. The van der Waals surface area contributed by atoms with Crippen molar-refractivity contribution in [3.05, 3.63) is 51.2 Å². The third kappa shape index (κ3) is 5.07. The molecule has 1 amide bonds. The molecule has 4 rings (SSSR count). The number of nitrogens with zero attached hydrogens (tertiary/aromatic N) is 1. The minimum Gasteiger partial charge on any atom is -0.489 e. The van der Waals surface area contributed by atoms with Gasteiger partial charge < -0.3 is 10.1 Å². The van der Waals surface area contributed by atoms with Crippen molar-refractivity contribution in [2.75, 3.05) is 13.1 Å². The van der Waals surface area contributed by atoms with E-state index < -0.39 is 0 Å². The molecule has 2 aromatic rings. The standard InChI is InChI=1S/C22H27ClN2O2S/c23-20-13-17(22(26)24-18-3-1-2-4-18)5-6-21(20)27-19-7-10-25(11-8-19)14-16-9-12-28-15-16/h5-6,9,12-13,15,18-19H,1-4,7-8,10-11,14H2,(H,24,26). The molecular weight excluding hydrogens is 392 g/mol. The van der Waals surface area contributed by atoms with Gasteiger partial charge in [0, 0.05) is 31.2 Å². The molecule has 2 aliphatic rings. The average molecular weight is 419 g/mol. The van der Waals surface area contributed by atoms with Crippen LogP contribution in [0.25, 0.3) is 0 Å². The lowest BCUT2D eigenvalue weighted by Crippen LogP contribution is -2.37. The Morgan fingerprint density at radius 3 is 2.64 bits per heavy atom. The summed E-state index contributed by atoms with van der Waals surface area (Å²) in [6, 6.07) is 7.88. The third-order valence-electron chi connectivity index (χ3n) is 5.70. The van der Waals surface area contributed by atoms with Crippen molar-refractivity contribution in [3.63, 3.8) is 0 Å². The maximum Gasteiger partial charge on any atom is 0.251 e. The Labute approximate surface area is 175 Å². The molecule has 28 heavy (non-hydrogen) atoms. The highest BCUT2D eigenvalue weighted by molar-refractivity contribution is 7.07. The van der Waals surface area contributed by atoms with Crippen molar-refractivity contribution in [1.82, 2.24) is 10.2 Å². The monoisotopic (exact) mass is 418 g/mol. The number of piperidine rings is 1. The Bertz CT molecular complexity index is 782. The number of hydrogen-bond acceptors (Lipinski definition) is 4. The fourth-order valence-corrected chi connectivity index (χ4v) is 4.97. The van der Waals surface area contributed by atoms with Crippen molar-refractivity contribution >= 4 is 28.8 Å². The quantitative estimate of drug-likeness (QED) is 0.708. The summed E-state index contributed by atoms with van der Waals surface area (Å²) in [6.45, 7) is 3.07. The Balaban J connectivity index is 1.28. The van der Waals surface area contributed by atoms with Gasteiger partial charge >= 0.3 is 0 Å². The summed E-state index contributed by atoms with van der Waals surface area (Å²) in [7, 11) is 0. The van der Waals surface area contributed by atoms with Crippen LogP contribution in [0.1, 0.15) is 54.4 Å². The molecule has 2 fully saturated rings. The van der Waals surface area contributed by atoms with Crippen LogP contribution in [0.3, 0.4) is 0 Å². The van der Waals surface area contributed by atoms with Gasteiger partial charge in [-0.2, -0.15) is 11.3 Å². The molecule has 1 saturated carbocycles. The van der Waals surface area contributed by atoms with Gasteiger partial charge in [0.25, 0.3) is 5.91 Å². The van der Waals surface area contributed by atoms with Gasteiger partial charge in [-0.25, -0.2) is 0 Å². The largest absolute Gasteiger partial charge is 0.489 e. The van der Waals surface area contributed by atoms with Crippen molar-refractivity contribution in [3.8, 4) is 5.75 Å². The van der Waals surface area contributed by atoms with Gasteiger partial charge in [-0.15, -0.1) is 0 Å². The van der Waals surface area contributed by atoms with E-state index in [4.69, 9.17) is 16.3 Å². The lowest BCUT2D eigenvalue weighted by molar-refractivity contribution is 0.0936. The molecule has 4 nitrogen and oxygen atoms in total. The van der Waals surface area contributed by atoms with Gasteiger partial charge in [-0.1, -0.05) is 24.4 Å². The van der Waals surface area contributed by atoms with Gasteiger partial charge in [-0.05, 0) is 66.3 Å². The highest BCUT2D eigenvalue weighted by Gasteiger charge is 2.22. The van der Waals surface area contributed by atoms with Crippen molar-refractivity contribution in [1.29, 1.82) is 0 Å². The molecule has 1 N–H and O–H groups in total. The Hall–Kier alpha value is -1.56. The average Bonchev–Trinajstić information content (AvgIpc) is 3.39. The zero-order chi connectivity index (χ0) is 19.3. The maximum atomic E-state index is 12.4. The number of thiophene rings is 1. The molecule has 1 aromatic carbocycles. The molecule has 1 aromatic heterocycles. The Kier molecular flexibility index (Phi) is 6.55. The first-order valence-corrected chi connectivity index (χ1v) is 11.5. The predicted octanol–water partition coefficient (Wildman–Crippen LogP) is 5.12. The Morgan fingerprint density at radius 2 is 1.96 bits per heavy atom. The van der Waals surface area contributed by atoms with E-state index in [1.165, 1.54) is 18.4 Å². The van der Waals surface area contributed by atoms with E-state index in [0.717, 1.165) is 45.3 Å². The first kappa shape index (κ1) is 19.7. The van der Waals surface area contributed by atoms with Crippen LogP contribution in [-0.2, 0) is 6.54 Å². The number of benzene rings is 1. The van der Waals surface area contributed by atoms with E-state index in [2.05, 4.69) is 27.0 Å². The highest BCUT2D eigenvalue weighted by Crippen LogP contribution is 2.29. The van der Waals surface area contributed by atoms with E-state index in [-0.39, 0.29) is 12.0 Å². The molecule has 2 heterocycles. The van der Waals surface area contributed by atoms with Gasteiger partial charge in [0.15, 0.2) is 0 Å². The molecule has 0 unspecified atom stereocenters. The first-order valence-electron chi connectivity index (χ1n) is 10.2. The number of hydrogen-bond donors (Lipinski definition) is 1. The number of ether oxygens (including phenoxy) is 1. The van der Waals surface area contributed by atoms with E-state index in [9.17, 15) is 4.79 Å². The summed E-state index contributed by atoms with van der Waals surface area (Å²) in [5.74, 6) is 0.637. The zero-order valence-electron chi connectivity index (χ0n) is 16.0. The smallest absolute Gasteiger partial charge is 0.251 e. The van der Waals surface area contributed by atoms with Gasteiger partial charge in [0.1, 0.15) is 11.9 Å². The van der Waals surface area contributed by atoms with Crippen LogP contribution in [-0.4, -0.2) is 36.0 Å². The lowest BCUT2D eigenvalue weighted by atomic mass is 10.1. The topological polar surface area (TPSA) is 41.6 Å².